The zero-order chi connectivity index (χ0) is 12.1. The van der Waals surface area contributed by atoms with Crippen LogP contribution in [0.4, 0.5) is 0 Å². The molecule has 1 aromatic heterocycles. The number of thiazole rings is 1. The molecular formula is C13H20N2OS. The predicted octanol–water partition coefficient (Wildman–Crippen LogP) is 2.83. The topological polar surface area (TPSA) is 42.0 Å². The van der Waals surface area contributed by atoms with Gasteiger partial charge in [0, 0.05) is 30.0 Å². The van der Waals surface area contributed by atoms with E-state index >= 15 is 0 Å². The Kier molecular flexibility index (Phi) is 4.54. The molecule has 1 N–H and O–H groups in total. The third-order valence-corrected chi connectivity index (χ3v) is 4.23. The molecule has 1 aliphatic carbocycles. The van der Waals surface area contributed by atoms with E-state index in [2.05, 4.69) is 10.3 Å². The van der Waals surface area contributed by atoms with Gasteiger partial charge in [0.2, 0.25) is 5.91 Å². The predicted molar refractivity (Wildman–Crippen MR) is 70.2 cm³/mol. The number of amides is 1. The smallest absolute Gasteiger partial charge is 0.220 e. The zero-order valence-corrected chi connectivity index (χ0v) is 11.2. The number of nitrogens with one attached hydrogen (secondary N) is 1. The summed E-state index contributed by atoms with van der Waals surface area (Å²) in [6, 6.07) is 0.425. The lowest BCUT2D eigenvalue weighted by Crippen LogP contribution is -2.36. The van der Waals surface area contributed by atoms with E-state index in [0.717, 1.165) is 30.0 Å². The monoisotopic (exact) mass is 252 g/mol. The molecule has 0 saturated heterocycles. The summed E-state index contributed by atoms with van der Waals surface area (Å²) >= 11 is 1.65. The molecule has 1 aromatic rings. The lowest BCUT2D eigenvalue weighted by atomic mass is 9.95. The summed E-state index contributed by atoms with van der Waals surface area (Å²) in [5, 5.41) is 6.24. The Balaban J connectivity index is 1.70. The molecule has 0 radical (unpaired) electrons. The normalized spacial score (nSPS) is 17.0. The SMILES string of the molecule is Cc1csc(CCC(=O)NC2CCCCC2)n1. The van der Waals surface area contributed by atoms with Crippen LogP contribution >= 0.6 is 11.3 Å². The first-order valence-electron chi connectivity index (χ1n) is 6.44. The number of hydrogen-bond acceptors (Lipinski definition) is 3. The lowest BCUT2D eigenvalue weighted by molar-refractivity contribution is -0.121. The van der Waals surface area contributed by atoms with Crippen molar-refractivity contribution in [3.63, 3.8) is 0 Å². The van der Waals surface area contributed by atoms with Crippen LogP contribution in [0.5, 0.6) is 0 Å². The van der Waals surface area contributed by atoms with Crippen LogP contribution in [0.1, 0.15) is 49.2 Å². The Bertz CT molecular complexity index is 369. The zero-order valence-electron chi connectivity index (χ0n) is 10.4. The number of carbonyl (C=O) groups excluding carboxylic acids is 1. The van der Waals surface area contributed by atoms with Crippen molar-refractivity contribution in [2.75, 3.05) is 0 Å². The van der Waals surface area contributed by atoms with Gasteiger partial charge in [0.1, 0.15) is 0 Å². The second-order valence-corrected chi connectivity index (χ2v) is 5.73. The van der Waals surface area contributed by atoms with E-state index in [1.165, 1.54) is 19.3 Å². The fourth-order valence-electron chi connectivity index (χ4n) is 2.28. The van der Waals surface area contributed by atoms with Crippen molar-refractivity contribution in [2.45, 2.75) is 57.9 Å². The fourth-order valence-corrected chi connectivity index (χ4v) is 3.06. The molecule has 94 valence electrons. The Morgan fingerprint density at radius 3 is 2.88 bits per heavy atom. The molecule has 0 bridgehead atoms. The highest BCUT2D eigenvalue weighted by Gasteiger charge is 2.15. The van der Waals surface area contributed by atoms with Gasteiger partial charge in [-0.2, -0.15) is 0 Å². The standard InChI is InChI=1S/C13H20N2OS/c1-10-9-17-13(14-10)8-7-12(16)15-11-5-3-2-4-6-11/h9,11H,2-8H2,1H3,(H,15,16). The summed E-state index contributed by atoms with van der Waals surface area (Å²) in [6.07, 6.45) is 7.50. The Morgan fingerprint density at radius 2 is 2.24 bits per heavy atom. The molecule has 1 fully saturated rings. The molecule has 17 heavy (non-hydrogen) atoms. The number of aryl methyl sites for hydroxylation is 2. The van der Waals surface area contributed by atoms with Gasteiger partial charge in [0.05, 0.1) is 5.01 Å². The first kappa shape index (κ1) is 12.6. The van der Waals surface area contributed by atoms with Crippen LogP contribution in [-0.2, 0) is 11.2 Å². The van der Waals surface area contributed by atoms with Crippen LogP contribution in [0, 0.1) is 6.92 Å². The second-order valence-electron chi connectivity index (χ2n) is 4.79. The molecule has 1 aliphatic rings. The van der Waals surface area contributed by atoms with Crippen LogP contribution in [0.15, 0.2) is 5.38 Å². The second kappa shape index (κ2) is 6.15. The molecule has 1 saturated carbocycles. The van der Waals surface area contributed by atoms with E-state index in [0.29, 0.717) is 12.5 Å². The van der Waals surface area contributed by atoms with Gasteiger partial charge in [-0.25, -0.2) is 4.98 Å². The Morgan fingerprint density at radius 1 is 1.47 bits per heavy atom. The van der Waals surface area contributed by atoms with E-state index in [9.17, 15) is 4.79 Å². The van der Waals surface area contributed by atoms with Gasteiger partial charge < -0.3 is 5.32 Å². The van der Waals surface area contributed by atoms with Crippen LogP contribution in [0.3, 0.4) is 0 Å². The summed E-state index contributed by atoms with van der Waals surface area (Å²) in [4.78, 5) is 16.1. The molecule has 0 aliphatic heterocycles. The third-order valence-electron chi connectivity index (χ3n) is 3.20. The van der Waals surface area contributed by atoms with Crippen molar-refractivity contribution >= 4 is 17.2 Å². The highest BCUT2D eigenvalue weighted by molar-refractivity contribution is 7.09. The van der Waals surface area contributed by atoms with Crippen molar-refractivity contribution in [3.8, 4) is 0 Å². The van der Waals surface area contributed by atoms with Crippen molar-refractivity contribution in [3.05, 3.63) is 16.1 Å². The van der Waals surface area contributed by atoms with Crippen molar-refractivity contribution in [2.24, 2.45) is 0 Å². The number of hydrogen-bond donors (Lipinski definition) is 1. The van der Waals surface area contributed by atoms with E-state index in [-0.39, 0.29) is 5.91 Å². The minimum atomic E-state index is 0.185. The first-order chi connectivity index (χ1) is 8.24. The summed E-state index contributed by atoms with van der Waals surface area (Å²) in [7, 11) is 0. The number of carbonyl (C=O) groups is 1. The highest BCUT2D eigenvalue weighted by Crippen LogP contribution is 2.17. The van der Waals surface area contributed by atoms with Gasteiger partial charge in [0.25, 0.3) is 0 Å². The maximum absolute atomic E-state index is 11.8. The van der Waals surface area contributed by atoms with E-state index in [1.54, 1.807) is 11.3 Å². The number of nitrogens with zero attached hydrogens (tertiary/aromatic N) is 1. The molecule has 3 nitrogen and oxygen atoms in total. The van der Waals surface area contributed by atoms with Crippen molar-refractivity contribution < 1.29 is 4.79 Å². The maximum atomic E-state index is 11.8. The molecule has 1 heterocycles. The Hall–Kier alpha value is -0.900. The molecule has 4 heteroatoms. The number of aromatic nitrogens is 1. The molecular weight excluding hydrogens is 232 g/mol. The number of rotatable bonds is 4. The lowest BCUT2D eigenvalue weighted by Gasteiger charge is -2.22. The average Bonchev–Trinajstić information content (AvgIpc) is 2.74. The summed E-state index contributed by atoms with van der Waals surface area (Å²) in [6.45, 7) is 1.99. The Labute approximate surface area is 107 Å². The molecule has 0 atom stereocenters. The molecule has 2 rings (SSSR count). The van der Waals surface area contributed by atoms with Crippen LogP contribution in [0.25, 0.3) is 0 Å². The van der Waals surface area contributed by atoms with Gasteiger partial charge in [-0.05, 0) is 19.8 Å². The quantitative estimate of drug-likeness (QED) is 0.895. The van der Waals surface area contributed by atoms with Gasteiger partial charge in [0.15, 0.2) is 0 Å². The van der Waals surface area contributed by atoms with Crippen LogP contribution < -0.4 is 5.32 Å². The van der Waals surface area contributed by atoms with E-state index in [4.69, 9.17) is 0 Å². The minimum absolute atomic E-state index is 0.185. The molecule has 0 spiro atoms. The van der Waals surface area contributed by atoms with Gasteiger partial charge in [-0.3, -0.25) is 4.79 Å². The fraction of sp³-hybridized carbons (Fsp3) is 0.692. The maximum Gasteiger partial charge on any atom is 0.220 e. The average molecular weight is 252 g/mol. The largest absolute Gasteiger partial charge is 0.353 e. The summed E-state index contributed by atoms with van der Waals surface area (Å²) in [5.74, 6) is 0.185. The van der Waals surface area contributed by atoms with Gasteiger partial charge in [-0.1, -0.05) is 19.3 Å². The van der Waals surface area contributed by atoms with Crippen LogP contribution in [0.2, 0.25) is 0 Å². The van der Waals surface area contributed by atoms with E-state index < -0.39 is 0 Å². The van der Waals surface area contributed by atoms with Crippen LogP contribution in [-0.4, -0.2) is 16.9 Å². The van der Waals surface area contributed by atoms with E-state index in [1.807, 2.05) is 12.3 Å². The summed E-state index contributed by atoms with van der Waals surface area (Å²) in [5.41, 5.74) is 1.05. The first-order valence-corrected chi connectivity index (χ1v) is 7.32. The van der Waals surface area contributed by atoms with Gasteiger partial charge >= 0.3 is 0 Å². The van der Waals surface area contributed by atoms with Gasteiger partial charge in [-0.15, -0.1) is 11.3 Å². The van der Waals surface area contributed by atoms with Crippen molar-refractivity contribution in [1.29, 1.82) is 0 Å². The molecule has 0 aromatic carbocycles. The molecule has 1 amide bonds. The highest BCUT2D eigenvalue weighted by atomic mass is 32.1. The molecule has 0 unspecified atom stereocenters. The van der Waals surface area contributed by atoms with Crippen molar-refractivity contribution in [1.82, 2.24) is 10.3 Å². The minimum Gasteiger partial charge on any atom is -0.353 e. The third kappa shape index (κ3) is 4.11. The summed E-state index contributed by atoms with van der Waals surface area (Å²) < 4.78 is 0.